The van der Waals surface area contributed by atoms with Gasteiger partial charge in [0.05, 0.1) is 34.2 Å². The zero-order valence-corrected chi connectivity index (χ0v) is 80.3. The monoisotopic (exact) mass is 1830 g/mol. The Kier molecular flexibility index (Phi) is 22.5. The summed E-state index contributed by atoms with van der Waals surface area (Å²) in [5.74, 6) is 2.11. The molecule has 0 N–H and O–H groups in total. The number of rotatable bonds is 15. The first-order valence-corrected chi connectivity index (χ1v) is 49.0. The highest BCUT2D eigenvalue weighted by Crippen LogP contribution is 2.57. The standard InChI is InChI=1S/C47H34N2.C46H33N3.C42H31N3/c1-47(2)40-19-11-18-39(44(40)45-38-17-10-9-14-33(38)28-29-41(45)47)34-22-24-36(25-23-34)43-30-42(35-15-7-4-8-16-35)48-46(49-43)37-26-20-32(21-27-37)31-12-5-3-6-13-31;1-46(2)40-16-8-15-37(43(40)39-26-25-31-10-6-7-14-38(31)44(39)46)32-19-21-34(22-20-32)42-28-41(33-11-4-3-5-12-33)48-45(49-42)35-23-17-30(18-24-35)36-13-9-27-47-29-36;1-42(2)37-16-7-6-15-35(37)36-22-21-32(25-38(36)42)31-12-8-13-33(24-31)40-26-39(29-10-4-3-5-11-29)44-41(45-40)30-19-17-28(18-20-30)34-14-9-23-43-27-34/h3-30H,1-2H3;3-29H,1-2H3;3-27H,1-2H3. The molecule has 5 aromatic heterocycles. The second-order valence-electron chi connectivity index (χ2n) is 38.9. The topological polar surface area (TPSA) is 103 Å². The van der Waals surface area contributed by atoms with Gasteiger partial charge in [0.2, 0.25) is 0 Å². The molecule has 143 heavy (non-hydrogen) atoms. The van der Waals surface area contributed by atoms with Gasteiger partial charge < -0.3 is 0 Å². The summed E-state index contributed by atoms with van der Waals surface area (Å²) in [5, 5.41) is 5.22. The van der Waals surface area contributed by atoms with Crippen LogP contribution in [0.5, 0.6) is 0 Å². The maximum Gasteiger partial charge on any atom is 0.160 e. The first-order chi connectivity index (χ1) is 70.1. The van der Waals surface area contributed by atoms with Crippen molar-refractivity contribution in [3.8, 4) is 202 Å². The normalized spacial score (nSPS) is 12.9. The lowest BCUT2D eigenvalue weighted by atomic mass is 9.80. The van der Waals surface area contributed by atoms with Crippen molar-refractivity contribution in [3.63, 3.8) is 0 Å². The Labute approximate surface area is 834 Å². The van der Waals surface area contributed by atoms with E-state index >= 15 is 0 Å². The number of pyridine rings is 2. The highest BCUT2D eigenvalue weighted by atomic mass is 14.9. The first kappa shape index (κ1) is 87.8. The van der Waals surface area contributed by atoms with Crippen molar-refractivity contribution in [1.82, 2.24) is 39.9 Å². The third-order valence-corrected chi connectivity index (χ3v) is 29.1. The van der Waals surface area contributed by atoms with E-state index in [2.05, 4.69) is 464 Å². The predicted molar refractivity (Wildman–Crippen MR) is 591 cm³/mol. The molecule has 0 bridgehead atoms. The Hall–Kier alpha value is -18.0. The SMILES string of the molecule is CC1(C)c2cccc(-c3ccc(-c4cc(-c5ccccc5)nc(-c5ccc(-c6ccccc6)cc5)n4)cc3)c2-c2c1ccc1ccccc21.CC1(C)c2cccc(-c3ccc(-c4cc(-c5ccccc5)nc(-c5ccc(-c6cccnc6)cc5)n4)cc3)c2-c2ccc3ccccc3c21.CC1(C)c2ccccc2-c2ccc(-c3cccc(-c4cc(-c5ccccc5)nc(-c5ccc(-c6cccnc6)cc5)n4)c3)cc21. The smallest absolute Gasteiger partial charge is 0.160 e. The largest absolute Gasteiger partial charge is 0.264 e. The third kappa shape index (κ3) is 16.6. The van der Waals surface area contributed by atoms with E-state index in [0.29, 0.717) is 17.5 Å². The minimum absolute atomic E-state index is 0.0434. The van der Waals surface area contributed by atoms with Crippen molar-refractivity contribution < 1.29 is 0 Å². The van der Waals surface area contributed by atoms with Gasteiger partial charge in [-0.25, -0.2) is 29.9 Å². The molecule has 678 valence electrons. The quantitative estimate of drug-likeness (QED) is 0.1000. The Bertz CT molecular complexity index is 8750. The molecule has 18 aromatic carbocycles. The second kappa shape index (κ2) is 36.7. The molecule has 0 fully saturated rings. The molecule has 23 aromatic rings. The van der Waals surface area contributed by atoms with Crippen LogP contribution in [0.2, 0.25) is 0 Å². The zero-order chi connectivity index (χ0) is 96.3. The fraction of sp³-hybridized carbons (Fsp3) is 0.0667. The molecule has 0 radical (unpaired) electrons. The summed E-state index contributed by atoms with van der Waals surface area (Å²) in [6.45, 7) is 14.1. The van der Waals surface area contributed by atoms with E-state index in [9.17, 15) is 0 Å². The summed E-state index contributed by atoms with van der Waals surface area (Å²) < 4.78 is 0. The minimum atomic E-state index is -0.0944. The molecule has 3 aliphatic rings. The average Bonchev–Trinajstić information content (AvgIpc) is 1.21. The van der Waals surface area contributed by atoms with E-state index in [0.717, 1.165) is 106 Å². The average molecular weight is 1830 g/mol. The summed E-state index contributed by atoms with van der Waals surface area (Å²) >= 11 is 0. The molecule has 0 aliphatic heterocycles. The van der Waals surface area contributed by atoms with Crippen LogP contribution in [-0.4, -0.2) is 39.9 Å². The van der Waals surface area contributed by atoms with Crippen molar-refractivity contribution in [2.75, 3.05) is 0 Å². The molecule has 8 nitrogen and oxygen atoms in total. The van der Waals surface area contributed by atoms with E-state index in [1.807, 2.05) is 60.9 Å². The van der Waals surface area contributed by atoms with E-state index in [1.54, 1.807) is 12.4 Å². The van der Waals surface area contributed by atoms with Crippen molar-refractivity contribution in [2.45, 2.75) is 57.8 Å². The predicted octanol–water partition coefficient (Wildman–Crippen LogP) is 34.5. The van der Waals surface area contributed by atoms with Crippen molar-refractivity contribution in [3.05, 3.63) is 519 Å². The van der Waals surface area contributed by atoms with Gasteiger partial charge in [-0.05, 0) is 198 Å². The van der Waals surface area contributed by atoms with Gasteiger partial charge in [0.1, 0.15) is 0 Å². The summed E-state index contributed by atoms with van der Waals surface area (Å²) in [6, 6.07) is 164. The molecule has 0 atom stereocenters. The molecule has 3 aliphatic carbocycles. The van der Waals surface area contributed by atoms with Gasteiger partial charge in [-0.3, -0.25) is 9.97 Å². The number of hydrogen-bond donors (Lipinski definition) is 0. The lowest BCUT2D eigenvalue weighted by molar-refractivity contribution is 0.660. The fourth-order valence-corrected chi connectivity index (χ4v) is 21.6. The van der Waals surface area contributed by atoms with Crippen molar-refractivity contribution in [1.29, 1.82) is 0 Å². The number of aromatic nitrogens is 8. The molecular weight excluding hydrogens is 1730 g/mol. The van der Waals surface area contributed by atoms with Gasteiger partial charge >= 0.3 is 0 Å². The summed E-state index contributed by atoms with van der Waals surface area (Å²) in [7, 11) is 0. The van der Waals surface area contributed by atoms with Crippen molar-refractivity contribution in [2.24, 2.45) is 0 Å². The van der Waals surface area contributed by atoms with Crippen LogP contribution in [0.3, 0.4) is 0 Å². The second-order valence-corrected chi connectivity index (χ2v) is 38.9. The van der Waals surface area contributed by atoms with E-state index in [1.165, 1.54) is 133 Å². The highest BCUT2D eigenvalue weighted by molar-refractivity contribution is 6.07. The van der Waals surface area contributed by atoms with Crippen LogP contribution in [-0.2, 0) is 16.2 Å². The maximum absolute atomic E-state index is 5.13. The fourth-order valence-electron chi connectivity index (χ4n) is 21.6. The molecule has 0 amide bonds. The Morgan fingerprint density at radius 1 is 0.161 bits per heavy atom. The van der Waals surface area contributed by atoms with Crippen LogP contribution in [0.4, 0.5) is 0 Å². The van der Waals surface area contributed by atoms with Crippen molar-refractivity contribution >= 4 is 21.5 Å². The molecule has 0 unspecified atom stereocenters. The van der Waals surface area contributed by atoms with Crippen LogP contribution in [0.25, 0.3) is 223 Å². The van der Waals surface area contributed by atoms with Gasteiger partial charge in [-0.15, -0.1) is 0 Å². The molecule has 0 saturated heterocycles. The Balaban J connectivity index is 0.000000116. The third-order valence-electron chi connectivity index (χ3n) is 29.1. The van der Waals surface area contributed by atoms with E-state index in [-0.39, 0.29) is 16.2 Å². The van der Waals surface area contributed by atoms with Crippen LogP contribution in [0, 0.1) is 0 Å². The number of fused-ring (bicyclic) bond motifs is 13. The van der Waals surface area contributed by atoms with Gasteiger partial charge in [0.15, 0.2) is 17.5 Å². The van der Waals surface area contributed by atoms with Gasteiger partial charge in [-0.1, -0.05) is 460 Å². The van der Waals surface area contributed by atoms with Crippen LogP contribution in [0.15, 0.2) is 486 Å². The maximum atomic E-state index is 5.13. The molecular formula is C135H98N8. The Morgan fingerprint density at radius 3 is 0.965 bits per heavy atom. The van der Waals surface area contributed by atoms with Crippen LogP contribution in [0.1, 0.15) is 74.9 Å². The van der Waals surface area contributed by atoms with Gasteiger partial charge in [0, 0.05) is 91.1 Å². The molecule has 8 heteroatoms. The summed E-state index contributed by atoms with van der Waals surface area (Å²) in [6.07, 6.45) is 7.35. The number of benzene rings is 18. The molecule has 0 saturated carbocycles. The summed E-state index contributed by atoms with van der Waals surface area (Å²) in [4.78, 5) is 39.0. The lowest BCUT2D eigenvalue weighted by Crippen LogP contribution is -2.15. The van der Waals surface area contributed by atoms with Crippen LogP contribution < -0.4 is 0 Å². The zero-order valence-electron chi connectivity index (χ0n) is 80.3. The molecule has 5 heterocycles. The van der Waals surface area contributed by atoms with Crippen LogP contribution >= 0.6 is 0 Å². The highest BCUT2D eigenvalue weighted by Gasteiger charge is 2.41. The van der Waals surface area contributed by atoms with E-state index in [4.69, 9.17) is 29.9 Å². The number of nitrogens with zero attached hydrogens (tertiary/aromatic N) is 8. The first-order valence-electron chi connectivity index (χ1n) is 49.0. The molecule has 0 spiro atoms. The number of hydrogen-bond acceptors (Lipinski definition) is 8. The van der Waals surface area contributed by atoms with Gasteiger partial charge in [0.25, 0.3) is 0 Å². The van der Waals surface area contributed by atoms with E-state index < -0.39 is 0 Å². The Morgan fingerprint density at radius 2 is 0.469 bits per heavy atom. The summed E-state index contributed by atoms with van der Waals surface area (Å²) in [5.41, 5.74) is 44.9. The minimum Gasteiger partial charge on any atom is -0.264 e. The lowest BCUT2D eigenvalue weighted by Gasteiger charge is -2.23. The molecule has 26 rings (SSSR count). The van der Waals surface area contributed by atoms with Gasteiger partial charge in [-0.2, -0.15) is 0 Å².